The third kappa shape index (κ3) is 4.05. The van der Waals surface area contributed by atoms with Crippen molar-refractivity contribution in [1.29, 1.82) is 0 Å². The first-order chi connectivity index (χ1) is 14.2. The summed E-state index contributed by atoms with van der Waals surface area (Å²) in [6.07, 6.45) is 5.13. The molecule has 4 heteroatoms. The Bertz CT molecular complexity index is 956. The van der Waals surface area contributed by atoms with E-state index >= 15 is 0 Å². The molecule has 1 aliphatic carbocycles. The minimum atomic E-state index is 0.557. The van der Waals surface area contributed by atoms with Gasteiger partial charge in [0, 0.05) is 37.8 Å². The lowest BCUT2D eigenvalue weighted by atomic mass is 10.0. The van der Waals surface area contributed by atoms with Crippen LogP contribution in [0.15, 0.2) is 42.5 Å². The maximum atomic E-state index is 5.75. The fourth-order valence-electron chi connectivity index (χ4n) is 4.69. The molecule has 3 aromatic rings. The molecule has 1 aliphatic rings. The lowest BCUT2D eigenvalue weighted by molar-refractivity contribution is 0.134. The molecule has 1 saturated carbocycles. The van der Waals surface area contributed by atoms with Gasteiger partial charge < -0.3 is 19.4 Å². The third-order valence-corrected chi connectivity index (χ3v) is 5.98. The SMILES string of the molecule is CCOCc1cc(NC2CCCC2)c2c(c1)c(COC)c(-c1ccccc1)n2C. The van der Waals surface area contributed by atoms with Crippen molar-refractivity contribution in [1.82, 2.24) is 4.57 Å². The normalized spacial score (nSPS) is 14.7. The second kappa shape index (κ2) is 9.02. The Morgan fingerprint density at radius 3 is 2.52 bits per heavy atom. The monoisotopic (exact) mass is 392 g/mol. The molecule has 0 bridgehead atoms. The highest BCUT2D eigenvalue weighted by Crippen LogP contribution is 2.39. The number of ether oxygens (including phenoxy) is 2. The van der Waals surface area contributed by atoms with Gasteiger partial charge in [-0.1, -0.05) is 43.2 Å². The van der Waals surface area contributed by atoms with Crippen LogP contribution in [0.1, 0.15) is 43.7 Å². The van der Waals surface area contributed by atoms with Gasteiger partial charge in [-0.05, 0) is 43.0 Å². The minimum Gasteiger partial charge on any atom is -0.381 e. The van der Waals surface area contributed by atoms with Crippen molar-refractivity contribution in [3.05, 3.63) is 53.6 Å². The van der Waals surface area contributed by atoms with Crippen molar-refractivity contribution >= 4 is 16.6 Å². The predicted molar refractivity (Wildman–Crippen MR) is 120 cm³/mol. The number of aromatic nitrogens is 1. The first kappa shape index (κ1) is 20.0. The van der Waals surface area contributed by atoms with E-state index < -0.39 is 0 Å². The van der Waals surface area contributed by atoms with Gasteiger partial charge in [0.25, 0.3) is 0 Å². The average molecular weight is 393 g/mol. The Morgan fingerprint density at radius 1 is 1.07 bits per heavy atom. The minimum absolute atomic E-state index is 0.557. The van der Waals surface area contributed by atoms with Crippen LogP contribution >= 0.6 is 0 Å². The van der Waals surface area contributed by atoms with Crippen molar-refractivity contribution in [3.8, 4) is 11.3 Å². The van der Waals surface area contributed by atoms with E-state index in [1.165, 1.54) is 64.7 Å². The lowest BCUT2D eigenvalue weighted by Gasteiger charge is -2.17. The number of nitrogens with one attached hydrogen (secondary N) is 1. The maximum Gasteiger partial charge on any atom is 0.0740 e. The zero-order valence-corrected chi connectivity index (χ0v) is 17.8. The molecule has 0 radical (unpaired) electrons. The van der Waals surface area contributed by atoms with E-state index in [9.17, 15) is 0 Å². The zero-order valence-electron chi connectivity index (χ0n) is 17.8. The molecule has 0 spiro atoms. The third-order valence-electron chi connectivity index (χ3n) is 5.98. The predicted octanol–water partition coefficient (Wildman–Crippen LogP) is 5.88. The second-order valence-electron chi connectivity index (χ2n) is 7.99. The molecule has 0 unspecified atom stereocenters. The summed E-state index contributed by atoms with van der Waals surface area (Å²) in [6.45, 7) is 3.98. The Hall–Kier alpha value is -2.30. The van der Waals surface area contributed by atoms with Crippen molar-refractivity contribution in [2.45, 2.75) is 51.9 Å². The van der Waals surface area contributed by atoms with E-state index in [1.807, 2.05) is 6.92 Å². The fourth-order valence-corrected chi connectivity index (χ4v) is 4.69. The molecule has 1 heterocycles. The molecule has 0 saturated heterocycles. The number of nitrogens with zero attached hydrogens (tertiary/aromatic N) is 1. The number of aryl methyl sites for hydroxylation is 1. The summed E-state index contributed by atoms with van der Waals surface area (Å²) in [5.41, 5.74) is 7.36. The molecule has 1 N–H and O–H groups in total. The number of benzene rings is 2. The van der Waals surface area contributed by atoms with Gasteiger partial charge >= 0.3 is 0 Å². The van der Waals surface area contributed by atoms with Crippen molar-refractivity contribution in [3.63, 3.8) is 0 Å². The van der Waals surface area contributed by atoms with Gasteiger partial charge in [0.05, 0.1) is 30.1 Å². The smallest absolute Gasteiger partial charge is 0.0740 e. The topological polar surface area (TPSA) is 35.4 Å². The van der Waals surface area contributed by atoms with Crippen LogP contribution in [0.2, 0.25) is 0 Å². The van der Waals surface area contributed by atoms with Crippen LogP contribution in [-0.2, 0) is 29.7 Å². The number of methoxy groups -OCH3 is 1. The number of anilines is 1. The van der Waals surface area contributed by atoms with Crippen molar-refractivity contribution in [2.24, 2.45) is 7.05 Å². The van der Waals surface area contributed by atoms with Gasteiger partial charge in [0.2, 0.25) is 0 Å². The van der Waals surface area contributed by atoms with E-state index in [0.29, 0.717) is 19.3 Å². The summed E-state index contributed by atoms with van der Waals surface area (Å²) in [7, 11) is 3.95. The summed E-state index contributed by atoms with van der Waals surface area (Å²) < 4.78 is 13.7. The van der Waals surface area contributed by atoms with E-state index in [2.05, 4.69) is 59.4 Å². The van der Waals surface area contributed by atoms with Crippen LogP contribution in [0.25, 0.3) is 22.2 Å². The molecular weight excluding hydrogens is 360 g/mol. The Labute approximate surface area is 173 Å². The maximum absolute atomic E-state index is 5.75. The number of hydrogen-bond donors (Lipinski definition) is 1. The number of hydrogen-bond acceptors (Lipinski definition) is 3. The molecule has 2 aromatic carbocycles. The average Bonchev–Trinajstić information content (AvgIpc) is 3.34. The van der Waals surface area contributed by atoms with Crippen LogP contribution in [-0.4, -0.2) is 24.3 Å². The molecule has 1 fully saturated rings. The Kier molecular flexibility index (Phi) is 6.22. The molecule has 4 rings (SSSR count). The highest BCUT2D eigenvalue weighted by atomic mass is 16.5. The zero-order chi connectivity index (χ0) is 20.2. The van der Waals surface area contributed by atoms with Crippen LogP contribution in [0.3, 0.4) is 0 Å². The van der Waals surface area contributed by atoms with Crippen LogP contribution < -0.4 is 5.32 Å². The summed E-state index contributed by atoms with van der Waals surface area (Å²) in [6, 6.07) is 15.7. The second-order valence-corrected chi connectivity index (χ2v) is 7.99. The van der Waals surface area contributed by atoms with Crippen molar-refractivity contribution < 1.29 is 9.47 Å². The van der Waals surface area contributed by atoms with E-state index in [4.69, 9.17) is 9.47 Å². The largest absolute Gasteiger partial charge is 0.381 e. The van der Waals surface area contributed by atoms with Gasteiger partial charge in [0.15, 0.2) is 0 Å². The number of fused-ring (bicyclic) bond motifs is 1. The van der Waals surface area contributed by atoms with Crippen LogP contribution in [0.5, 0.6) is 0 Å². The van der Waals surface area contributed by atoms with Gasteiger partial charge in [-0.3, -0.25) is 0 Å². The first-order valence-corrected chi connectivity index (χ1v) is 10.8. The molecule has 29 heavy (non-hydrogen) atoms. The highest BCUT2D eigenvalue weighted by molar-refractivity contribution is 5.99. The first-order valence-electron chi connectivity index (χ1n) is 10.8. The van der Waals surface area contributed by atoms with E-state index in [0.717, 1.165) is 6.61 Å². The van der Waals surface area contributed by atoms with Crippen LogP contribution in [0, 0.1) is 0 Å². The summed E-state index contributed by atoms with van der Waals surface area (Å²) in [5.74, 6) is 0. The number of rotatable bonds is 8. The quantitative estimate of drug-likeness (QED) is 0.520. The Morgan fingerprint density at radius 2 is 1.83 bits per heavy atom. The van der Waals surface area contributed by atoms with Gasteiger partial charge in [-0.2, -0.15) is 0 Å². The van der Waals surface area contributed by atoms with Gasteiger partial charge in [-0.15, -0.1) is 0 Å². The van der Waals surface area contributed by atoms with Crippen LogP contribution in [0.4, 0.5) is 5.69 Å². The fraction of sp³-hybridized carbons (Fsp3) is 0.440. The summed E-state index contributed by atoms with van der Waals surface area (Å²) >= 11 is 0. The molecular formula is C25H32N2O2. The molecule has 0 amide bonds. The molecule has 1 aromatic heterocycles. The molecule has 0 aliphatic heterocycles. The van der Waals surface area contributed by atoms with Crippen molar-refractivity contribution in [2.75, 3.05) is 19.0 Å². The molecule has 154 valence electrons. The Balaban J connectivity index is 1.91. The molecule has 4 nitrogen and oxygen atoms in total. The van der Waals surface area contributed by atoms with E-state index in [1.54, 1.807) is 7.11 Å². The highest BCUT2D eigenvalue weighted by Gasteiger charge is 2.22. The van der Waals surface area contributed by atoms with Gasteiger partial charge in [0.1, 0.15) is 0 Å². The molecule has 0 atom stereocenters. The standard InChI is InChI=1S/C25H32N2O2/c1-4-29-16-18-14-21-22(17-28-3)24(19-10-6-5-7-11-19)27(2)25(21)23(15-18)26-20-12-8-9-13-20/h5-7,10-11,14-15,20,26H,4,8-9,12-13,16-17H2,1-3H3. The summed E-state index contributed by atoms with van der Waals surface area (Å²) in [5, 5.41) is 5.11. The summed E-state index contributed by atoms with van der Waals surface area (Å²) in [4.78, 5) is 0. The van der Waals surface area contributed by atoms with E-state index in [-0.39, 0.29) is 0 Å². The van der Waals surface area contributed by atoms with Gasteiger partial charge in [-0.25, -0.2) is 0 Å². The lowest BCUT2D eigenvalue weighted by Crippen LogP contribution is -2.15.